The standard InChI is InChI=1S/C19H22N4O4S2/c20-11-14-3-1-2-4-15(14)12-28-9-8-21-19(25)17-5-6-18(24)23(22-17)16-7-10-29(26,27)13-16/h1-4,16H,5-10,12-13H2,(H,21,25). The molecule has 0 spiro atoms. The minimum Gasteiger partial charge on any atom is -0.350 e. The lowest BCUT2D eigenvalue weighted by atomic mass is 10.1. The molecular weight excluding hydrogens is 412 g/mol. The van der Waals surface area contributed by atoms with E-state index in [1.165, 1.54) is 5.01 Å². The van der Waals surface area contributed by atoms with Crippen LogP contribution in [-0.4, -0.2) is 60.8 Å². The highest BCUT2D eigenvalue weighted by atomic mass is 32.2. The Kier molecular flexibility index (Phi) is 6.92. The average molecular weight is 435 g/mol. The molecule has 2 aliphatic heterocycles. The van der Waals surface area contributed by atoms with Gasteiger partial charge in [-0.15, -0.1) is 0 Å². The molecule has 154 valence electrons. The van der Waals surface area contributed by atoms with Gasteiger partial charge in [0.2, 0.25) is 5.91 Å². The van der Waals surface area contributed by atoms with Crippen molar-refractivity contribution in [3.63, 3.8) is 0 Å². The first-order valence-electron chi connectivity index (χ1n) is 9.33. The maximum atomic E-state index is 12.4. The Balaban J connectivity index is 1.48. The largest absolute Gasteiger partial charge is 0.350 e. The number of hydrazone groups is 1. The summed E-state index contributed by atoms with van der Waals surface area (Å²) in [7, 11) is -3.14. The lowest BCUT2D eigenvalue weighted by molar-refractivity contribution is -0.133. The molecular formula is C19H22N4O4S2. The molecule has 10 heteroatoms. The van der Waals surface area contributed by atoms with Gasteiger partial charge in [-0.25, -0.2) is 13.4 Å². The number of hydrogen-bond acceptors (Lipinski definition) is 7. The van der Waals surface area contributed by atoms with Gasteiger partial charge in [0, 0.05) is 30.9 Å². The van der Waals surface area contributed by atoms with Gasteiger partial charge in [-0.2, -0.15) is 22.1 Å². The fraction of sp³-hybridized carbons (Fsp3) is 0.474. The summed E-state index contributed by atoms with van der Waals surface area (Å²) >= 11 is 1.61. The van der Waals surface area contributed by atoms with Crippen LogP contribution in [-0.2, 0) is 25.2 Å². The first kappa shape index (κ1) is 21.3. The Morgan fingerprint density at radius 3 is 2.86 bits per heavy atom. The van der Waals surface area contributed by atoms with Crippen molar-refractivity contribution in [2.24, 2.45) is 5.10 Å². The zero-order chi connectivity index (χ0) is 20.9. The molecule has 0 radical (unpaired) electrons. The molecule has 0 saturated carbocycles. The summed E-state index contributed by atoms with van der Waals surface area (Å²) < 4.78 is 23.3. The van der Waals surface area contributed by atoms with Crippen LogP contribution in [0.2, 0.25) is 0 Å². The summed E-state index contributed by atoms with van der Waals surface area (Å²) in [6.45, 7) is 0.434. The Bertz CT molecular complexity index is 969. The van der Waals surface area contributed by atoms with Crippen molar-refractivity contribution in [3.8, 4) is 6.07 Å². The molecule has 0 aliphatic carbocycles. The molecule has 1 unspecified atom stereocenters. The van der Waals surface area contributed by atoms with Crippen LogP contribution in [0.25, 0.3) is 0 Å². The molecule has 1 aromatic rings. The molecule has 2 aliphatic rings. The molecule has 29 heavy (non-hydrogen) atoms. The molecule has 1 N–H and O–H groups in total. The van der Waals surface area contributed by atoms with E-state index in [1.807, 2.05) is 18.2 Å². The molecule has 3 rings (SSSR count). The topological polar surface area (TPSA) is 120 Å². The molecule has 1 saturated heterocycles. The van der Waals surface area contributed by atoms with Crippen molar-refractivity contribution in [1.29, 1.82) is 5.26 Å². The maximum Gasteiger partial charge on any atom is 0.267 e. The van der Waals surface area contributed by atoms with Crippen LogP contribution >= 0.6 is 11.8 Å². The Morgan fingerprint density at radius 1 is 1.34 bits per heavy atom. The third kappa shape index (κ3) is 5.58. The molecule has 1 atom stereocenters. The van der Waals surface area contributed by atoms with E-state index in [0.29, 0.717) is 30.0 Å². The summed E-state index contributed by atoms with van der Waals surface area (Å²) in [4.78, 5) is 24.5. The van der Waals surface area contributed by atoms with Crippen LogP contribution in [0.15, 0.2) is 29.4 Å². The summed E-state index contributed by atoms with van der Waals surface area (Å²) in [6.07, 6.45) is 0.763. The highest BCUT2D eigenvalue weighted by Gasteiger charge is 2.37. The van der Waals surface area contributed by atoms with Gasteiger partial charge >= 0.3 is 0 Å². The monoisotopic (exact) mass is 434 g/mol. The minimum atomic E-state index is -3.14. The number of nitrogens with one attached hydrogen (secondary N) is 1. The molecule has 1 fully saturated rings. The van der Waals surface area contributed by atoms with Gasteiger partial charge in [0.1, 0.15) is 5.71 Å². The zero-order valence-corrected chi connectivity index (χ0v) is 17.5. The third-order valence-corrected chi connectivity index (χ3v) is 7.56. The number of sulfone groups is 1. The Morgan fingerprint density at radius 2 is 2.14 bits per heavy atom. The van der Waals surface area contributed by atoms with Gasteiger partial charge < -0.3 is 5.32 Å². The molecule has 8 nitrogen and oxygen atoms in total. The lowest BCUT2D eigenvalue weighted by Gasteiger charge is -2.27. The fourth-order valence-corrected chi connectivity index (χ4v) is 5.82. The Labute approximate surface area is 174 Å². The molecule has 0 bridgehead atoms. The molecule has 1 aromatic carbocycles. The van der Waals surface area contributed by atoms with Crippen LogP contribution in [0.1, 0.15) is 30.4 Å². The second-order valence-electron chi connectivity index (χ2n) is 6.92. The van der Waals surface area contributed by atoms with Crippen molar-refractivity contribution < 1.29 is 18.0 Å². The van der Waals surface area contributed by atoms with Crippen molar-refractivity contribution in [3.05, 3.63) is 35.4 Å². The summed E-state index contributed by atoms with van der Waals surface area (Å²) in [5, 5.41) is 17.2. The van der Waals surface area contributed by atoms with E-state index in [4.69, 9.17) is 5.26 Å². The number of rotatable bonds is 7. The second kappa shape index (κ2) is 9.41. The number of carbonyl (C=O) groups is 2. The van der Waals surface area contributed by atoms with E-state index in [9.17, 15) is 18.0 Å². The number of hydrogen-bond donors (Lipinski definition) is 1. The number of benzene rings is 1. The van der Waals surface area contributed by atoms with Crippen LogP contribution in [0.3, 0.4) is 0 Å². The third-order valence-electron chi connectivity index (χ3n) is 4.80. The maximum absolute atomic E-state index is 12.4. The molecule has 2 amide bonds. The predicted molar refractivity (Wildman–Crippen MR) is 111 cm³/mol. The van der Waals surface area contributed by atoms with Gasteiger partial charge in [-0.1, -0.05) is 18.2 Å². The van der Waals surface area contributed by atoms with E-state index in [2.05, 4.69) is 16.5 Å². The SMILES string of the molecule is N#Cc1ccccc1CSCCNC(=O)C1=NN(C2CCS(=O)(=O)C2)C(=O)CC1. The smallest absolute Gasteiger partial charge is 0.267 e. The van der Waals surface area contributed by atoms with Crippen molar-refractivity contribution in [1.82, 2.24) is 10.3 Å². The first-order chi connectivity index (χ1) is 13.9. The Hall–Kier alpha value is -2.38. The summed E-state index contributed by atoms with van der Waals surface area (Å²) in [5.41, 5.74) is 1.87. The van der Waals surface area contributed by atoms with Crippen LogP contribution < -0.4 is 5.32 Å². The van der Waals surface area contributed by atoms with E-state index in [0.717, 1.165) is 5.56 Å². The van der Waals surface area contributed by atoms with E-state index in [-0.39, 0.29) is 41.9 Å². The fourth-order valence-electron chi connectivity index (χ4n) is 3.26. The van der Waals surface area contributed by atoms with Gasteiger partial charge in [0.05, 0.1) is 29.2 Å². The number of nitrogens with zero attached hydrogens (tertiary/aromatic N) is 3. The van der Waals surface area contributed by atoms with E-state index >= 15 is 0 Å². The minimum absolute atomic E-state index is 0.0463. The van der Waals surface area contributed by atoms with Gasteiger partial charge in [0.15, 0.2) is 9.84 Å². The highest BCUT2D eigenvalue weighted by Crippen LogP contribution is 2.22. The van der Waals surface area contributed by atoms with Crippen molar-refractivity contribution in [2.45, 2.75) is 31.1 Å². The summed E-state index contributed by atoms with van der Waals surface area (Å²) in [6, 6.07) is 9.09. The van der Waals surface area contributed by atoms with Crippen molar-refractivity contribution >= 4 is 39.1 Å². The van der Waals surface area contributed by atoms with Gasteiger partial charge in [-0.05, 0) is 18.1 Å². The van der Waals surface area contributed by atoms with E-state index < -0.39 is 15.9 Å². The van der Waals surface area contributed by atoms with Gasteiger partial charge in [-0.3, -0.25) is 9.59 Å². The average Bonchev–Trinajstić information content (AvgIpc) is 3.07. The predicted octanol–water partition coefficient (Wildman–Crippen LogP) is 1.07. The first-order valence-corrected chi connectivity index (χ1v) is 12.3. The van der Waals surface area contributed by atoms with Crippen molar-refractivity contribution in [2.75, 3.05) is 23.8 Å². The number of thioether (sulfide) groups is 1. The molecule has 0 aromatic heterocycles. The lowest BCUT2D eigenvalue weighted by Crippen LogP contribution is -2.44. The summed E-state index contributed by atoms with van der Waals surface area (Å²) in [5.74, 6) is 0.723. The van der Waals surface area contributed by atoms with E-state index in [1.54, 1.807) is 17.8 Å². The van der Waals surface area contributed by atoms with Crippen LogP contribution in [0, 0.1) is 11.3 Å². The highest BCUT2D eigenvalue weighted by molar-refractivity contribution is 7.98. The zero-order valence-electron chi connectivity index (χ0n) is 15.8. The second-order valence-corrected chi connectivity index (χ2v) is 10.3. The quantitative estimate of drug-likeness (QED) is 0.641. The number of amides is 2. The van der Waals surface area contributed by atoms with Gasteiger partial charge in [0.25, 0.3) is 5.91 Å². The van der Waals surface area contributed by atoms with Crippen LogP contribution in [0.4, 0.5) is 0 Å². The molecule has 2 heterocycles. The normalized spacial score (nSPS) is 20.8. The number of nitriles is 1. The van der Waals surface area contributed by atoms with Crippen LogP contribution in [0.5, 0.6) is 0 Å². The number of carbonyl (C=O) groups excluding carboxylic acids is 2.